The van der Waals surface area contributed by atoms with Gasteiger partial charge >= 0.3 is 0 Å². The van der Waals surface area contributed by atoms with Crippen LogP contribution < -0.4 is 10.6 Å². The lowest BCUT2D eigenvalue weighted by Gasteiger charge is -2.28. The quantitative estimate of drug-likeness (QED) is 0.595. The maximum Gasteiger partial charge on any atom is 0.255 e. The van der Waals surface area contributed by atoms with E-state index in [2.05, 4.69) is 20.7 Å². The fourth-order valence-corrected chi connectivity index (χ4v) is 3.47. The van der Waals surface area contributed by atoms with Crippen molar-refractivity contribution in [3.05, 3.63) is 75.7 Å². The first kappa shape index (κ1) is 18.3. The number of carbonyl (C=O) groups is 1. The maximum atomic E-state index is 13.2. The van der Waals surface area contributed by atoms with Crippen molar-refractivity contribution in [2.45, 2.75) is 13.0 Å². The third kappa shape index (κ3) is 3.30. The molecule has 0 spiro atoms. The molecule has 0 fully saturated rings. The molecule has 1 aromatic heterocycles. The summed E-state index contributed by atoms with van der Waals surface area (Å²) in [7, 11) is 0. The minimum Gasteiger partial charge on any atom is -0.508 e. The number of hydrogen-bond donors (Lipinski definition) is 3. The van der Waals surface area contributed by atoms with Crippen molar-refractivity contribution in [1.29, 1.82) is 0 Å². The average molecular weight is 416 g/mol. The lowest BCUT2D eigenvalue weighted by molar-refractivity contribution is -0.113. The highest BCUT2D eigenvalue weighted by Gasteiger charge is 2.33. The van der Waals surface area contributed by atoms with Crippen molar-refractivity contribution < 1.29 is 9.90 Å². The van der Waals surface area contributed by atoms with Gasteiger partial charge < -0.3 is 15.7 Å². The Morgan fingerprint density at radius 2 is 1.96 bits per heavy atom. The molecule has 0 unspecified atom stereocenters. The van der Waals surface area contributed by atoms with Crippen LogP contribution in [0.3, 0.4) is 0 Å². The molecule has 7 nitrogen and oxygen atoms in total. The fraction of sp³-hybridized carbons (Fsp3) is 0.105. The van der Waals surface area contributed by atoms with Gasteiger partial charge in [-0.25, -0.2) is 4.68 Å². The zero-order valence-corrected chi connectivity index (χ0v) is 16.2. The first-order valence-electron chi connectivity index (χ1n) is 8.36. The van der Waals surface area contributed by atoms with Gasteiger partial charge in [0.25, 0.3) is 5.91 Å². The molecular formula is C19H15Cl2N5O2. The first-order chi connectivity index (χ1) is 13.4. The molecule has 3 N–H and O–H groups in total. The summed E-state index contributed by atoms with van der Waals surface area (Å²) in [5.74, 6) is 0.301. The summed E-state index contributed by atoms with van der Waals surface area (Å²) >= 11 is 12.2. The van der Waals surface area contributed by atoms with Crippen molar-refractivity contribution in [1.82, 2.24) is 14.8 Å². The van der Waals surface area contributed by atoms with Gasteiger partial charge in [-0.1, -0.05) is 35.3 Å². The molecule has 142 valence electrons. The van der Waals surface area contributed by atoms with Gasteiger partial charge in [-0.3, -0.25) is 4.79 Å². The van der Waals surface area contributed by atoms with E-state index in [9.17, 15) is 9.90 Å². The standard InChI is InChI=1S/C19H15Cl2N5O2/c1-10-16(18(28)25-15-8-12(20)4-7-14(15)21)17(11-2-5-13(27)6-3-11)26-19(24-10)22-9-23-26/h2-9,17,27H,1H3,(H,25,28)(H,22,23,24)/t17-/m0/s1. The normalized spacial score (nSPS) is 15.8. The molecule has 2 aromatic carbocycles. The fourth-order valence-electron chi connectivity index (χ4n) is 3.13. The number of aromatic nitrogens is 3. The minimum absolute atomic E-state index is 0.133. The van der Waals surface area contributed by atoms with Gasteiger partial charge in [-0.2, -0.15) is 10.1 Å². The molecule has 1 aliphatic rings. The average Bonchev–Trinajstić information content (AvgIpc) is 3.12. The van der Waals surface area contributed by atoms with Gasteiger partial charge in [0.05, 0.1) is 16.3 Å². The van der Waals surface area contributed by atoms with E-state index < -0.39 is 6.04 Å². The molecule has 0 aliphatic carbocycles. The molecule has 4 rings (SSSR count). The number of allylic oxidation sites excluding steroid dienone is 1. The van der Waals surface area contributed by atoms with Crippen LogP contribution in [-0.4, -0.2) is 25.8 Å². The summed E-state index contributed by atoms with van der Waals surface area (Å²) < 4.78 is 1.62. The highest BCUT2D eigenvalue weighted by molar-refractivity contribution is 6.35. The van der Waals surface area contributed by atoms with E-state index in [0.717, 1.165) is 5.56 Å². The second-order valence-electron chi connectivity index (χ2n) is 6.26. The molecule has 28 heavy (non-hydrogen) atoms. The van der Waals surface area contributed by atoms with Crippen molar-refractivity contribution >= 4 is 40.7 Å². The minimum atomic E-state index is -0.530. The van der Waals surface area contributed by atoms with Crippen molar-refractivity contribution in [2.75, 3.05) is 10.6 Å². The number of fused-ring (bicyclic) bond motifs is 1. The molecule has 1 atom stereocenters. The second-order valence-corrected chi connectivity index (χ2v) is 7.11. The highest BCUT2D eigenvalue weighted by Crippen LogP contribution is 2.36. The van der Waals surface area contributed by atoms with Crippen LogP contribution in [0.15, 0.2) is 60.1 Å². The Hall–Kier alpha value is -3.03. The lowest BCUT2D eigenvalue weighted by atomic mass is 9.95. The zero-order chi connectivity index (χ0) is 19.8. The summed E-state index contributed by atoms with van der Waals surface area (Å²) in [4.78, 5) is 17.4. The van der Waals surface area contributed by atoms with Crippen molar-refractivity contribution in [3.8, 4) is 5.75 Å². The summed E-state index contributed by atoms with van der Waals surface area (Å²) in [6, 6.07) is 10.9. The maximum absolute atomic E-state index is 13.2. The number of phenols is 1. The highest BCUT2D eigenvalue weighted by atomic mass is 35.5. The number of anilines is 2. The Bertz CT molecular complexity index is 1090. The largest absolute Gasteiger partial charge is 0.508 e. The number of nitrogens with zero attached hydrogens (tertiary/aromatic N) is 3. The van der Waals surface area contributed by atoms with Crippen molar-refractivity contribution in [2.24, 2.45) is 0 Å². The van der Waals surface area contributed by atoms with Gasteiger partial charge in [0.1, 0.15) is 18.1 Å². The van der Waals surface area contributed by atoms with Gasteiger partial charge in [0.2, 0.25) is 5.95 Å². The summed E-state index contributed by atoms with van der Waals surface area (Å²) in [6.45, 7) is 1.79. The van der Waals surface area contributed by atoms with Crippen molar-refractivity contribution in [3.63, 3.8) is 0 Å². The number of carbonyl (C=O) groups excluding carboxylic acids is 1. The Morgan fingerprint density at radius 1 is 1.21 bits per heavy atom. The van der Waals surface area contributed by atoms with E-state index in [1.807, 2.05) is 0 Å². The number of benzene rings is 2. The number of rotatable bonds is 3. The molecule has 3 aromatic rings. The van der Waals surface area contributed by atoms with Crippen LogP contribution in [0.25, 0.3) is 0 Å². The van der Waals surface area contributed by atoms with Crippen LogP contribution in [-0.2, 0) is 4.79 Å². The molecule has 1 aliphatic heterocycles. The Morgan fingerprint density at radius 3 is 2.71 bits per heavy atom. The molecule has 0 saturated carbocycles. The Labute approximate surface area is 170 Å². The third-order valence-corrected chi connectivity index (χ3v) is 4.99. The third-order valence-electron chi connectivity index (χ3n) is 4.42. The van der Waals surface area contributed by atoms with Crippen LogP contribution in [0.5, 0.6) is 5.75 Å². The first-order valence-corrected chi connectivity index (χ1v) is 9.12. The molecule has 1 amide bonds. The van der Waals surface area contributed by atoms with Crippen LogP contribution in [0.1, 0.15) is 18.5 Å². The number of amides is 1. The summed E-state index contributed by atoms with van der Waals surface area (Å²) in [5, 5.41) is 20.6. The monoisotopic (exact) mass is 415 g/mol. The Balaban J connectivity index is 1.77. The SMILES string of the molecule is CC1=C(C(=O)Nc2cc(Cl)ccc2Cl)[C@H](c2ccc(O)cc2)n2ncnc2N1. The van der Waals surface area contributed by atoms with Crippen LogP contribution >= 0.6 is 23.2 Å². The molecule has 2 heterocycles. The van der Waals surface area contributed by atoms with E-state index in [1.54, 1.807) is 54.1 Å². The number of halogens is 2. The lowest BCUT2D eigenvalue weighted by Crippen LogP contribution is -2.31. The summed E-state index contributed by atoms with van der Waals surface area (Å²) in [5.41, 5.74) is 2.26. The van der Waals surface area contributed by atoms with E-state index in [-0.39, 0.29) is 11.7 Å². The van der Waals surface area contributed by atoms with Crippen LogP contribution in [0.2, 0.25) is 10.0 Å². The number of hydrogen-bond acceptors (Lipinski definition) is 5. The van der Waals surface area contributed by atoms with Gasteiger partial charge in [-0.15, -0.1) is 0 Å². The van der Waals surface area contributed by atoms with E-state index in [4.69, 9.17) is 23.2 Å². The molecular weight excluding hydrogens is 401 g/mol. The molecule has 9 heteroatoms. The van der Waals surface area contributed by atoms with Gasteiger partial charge in [-0.05, 0) is 42.8 Å². The molecule has 0 bridgehead atoms. The van der Waals surface area contributed by atoms with E-state index >= 15 is 0 Å². The predicted octanol–water partition coefficient (Wildman–Crippen LogP) is 4.22. The number of phenolic OH excluding ortho intramolecular Hbond substituents is 1. The van der Waals surface area contributed by atoms with Gasteiger partial charge in [0, 0.05) is 10.7 Å². The second kappa shape index (κ2) is 7.18. The zero-order valence-electron chi connectivity index (χ0n) is 14.6. The smallest absolute Gasteiger partial charge is 0.255 e. The molecule has 0 saturated heterocycles. The van der Waals surface area contributed by atoms with E-state index in [1.165, 1.54) is 6.33 Å². The van der Waals surface area contributed by atoms with Gasteiger partial charge in [0.15, 0.2) is 0 Å². The number of nitrogens with one attached hydrogen (secondary N) is 2. The summed E-state index contributed by atoms with van der Waals surface area (Å²) in [6.07, 6.45) is 1.41. The topological polar surface area (TPSA) is 92.1 Å². The Kier molecular flexibility index (Phi) is 4.70. The predicted molar refractivity (Wildman–Crippen MR) is 108 cm³/mol. The van der Waals surface area contributed by atoms with E-state index in [0.29, 0.717) is 33.0 Å². The van der Waals surface area contributed by atoms with Crippen LogP contribution in [0, 0.1) is 0 Å². The number of aromatic hydroxyl groups is 1. The van der Waals surface area contributed by atoms with Crippen LogP contribution in [0.4, 0.5) is 11.6 Å². The molecule has 0 radical (unpaired) electrons.